The number of rotatable bonds is 3. The Morgan fingerprint density at radius 1 is 1.16 bits per heavy atom. The molecule has 0 aliphatic carbocycles. The summed E-state index contributed by atoms with van der Waals surface area (Å²) >= 11 is 0. The van der Waals surface area contributed by atoms with E-state index in [-0.39, 0.29) is 12.1 Å². The Labute approximate surface area is 176 Å². The Bertz CT molecular complexity index is 1240. The summed E-state index contributed by atoms with van der Waals surface area (Å²) < 4.78 is 48.1. The number of pyridine rings is 1. The Balaban J connectivity index is 1.76. The van der Waals surface area contributed by atoms with Crippen molar-refractivity contribution in [2.45, 2.75) is 44.5 Å². The second-order valence-corrected chi connectivity index (χ2v) is 7.86. The van der Waals surface area contributed by atoms with Crippen LogP contribution in [-0.2, 0) is 17.3 Å². The van der Waals surface area contributed by atoms with Crippen LogP contribution in [0.5, 0.6) is 0 Å². The molecule has 1 aliphatic rings. The predicted molar refractivity (Wildman–Crippen MR) is 109 cm³/mol. The number of benzene rings is 1. The van der Waals surface area contributed by atoms with Gasteiger partial charge in [0.1, 0.15) is 17.7 Å². The number of aromatic nitrogens is 5. The van der Waals surface area contributed by atoms with Crippen molar-refractivity contribution in [1.82, 2.24) is 24.5 Å². The van der Waals surface area contributed by atoms with Crippen molar-refractivity contribution < 1.29 is 17.9 Å². The molecule has 4 aromatic rings. The second-order valence-electron chi connectivity index (χ2n) is 7.86. The van der Waals surface area contributed by atoms with Crippen LogP contribution in [0.15, 0.2) is 43.0 Å². The molecule has 3 aromatic heterocycles. The first-order valence-corrected chi connectivity index (χ1v) is 10.1. The van der Waals surface area contributed by atoms with Gasteiger partial charge in [0.15, 0.2) is 0 Å². The fourth-order valence-electron chi connectivity index (χ4n) is 4.31. The van der Waals surface area contributed by atoms with E-state index in [4.69, 9.17) is 9.72 Å². The number of halogens is 3. The zero-order valence-corrected chi connectivity index (χ0v) is 16.8. The number of nitrogens with zero attached hydrogens (tertiary/aromatic N) is 5. The SMILES string of the molecule is C[C@@H]1CC(n2c(Cc3ccncn3)nc3cnc4ccc(C(F)(F)F)cc4c32)CCO1. The number of hydrogen-bond acceptors (Lipinski definition) is 5. The van der Waals surface area contributed by atoms with E-state index in [1.165, 1.54) is 18.5 Å². The molecular formula is C22H20F3N5O. The summed E-state index contributed by atoms with van der Waals surface area (Å²) in [5.74, 6) is 0.750. The maximum Gasteiger partial charge on any atom is 0.416 e. The van der Waals surface area contributed by atoms with Gasteiger partial charge in [0.25, 0.3) is 0 Å². The molecule has 160 valence electrons. The summed E-state index contributed by atoms with van der Waals surface area (Å²) in [7, 11) is 0. The van der Waals surface area contributed by atoms with Crippen molar-refractivity contribution in [2.24, 2.45) is 0 Å². The number of fused-ring (bicyclic) bond motifs is 3. The minimum atomic E-state index is -4.43. The van der Waals surface area contributed by atoms with Gasteiger partial charge in [0.05, 0.1) is 34.6 Å². The van der Waals surface area contributed by atoms with Gasteiger partial charge in [-0.2, -0.15) is 13.2 Å². The third kappa shape index (κ3) is 3.74. The van der Waals surface area contributed by atoms with Crippen LogP contribution in [0, 0.1) is 0 Å². The van der Waals surface area contributed by atoms with Crippen molar-refractivity contribution in [3.05, 3.63) is 60.1 Å². The van der Waals surface area contributed by atoms with Gasteiger partial charge in [-0.15, -0.1) is 0 Å². The Hall–Kier alpha value is -3.07. The molecule has 0 N–H and O–H groups in total. The van der Waals surface area contributed by atoms with E-state index < -0.39 is 11.7 Å². The third-order valence-electron chi connectivity index (χ3n) is 5.72. The number of hydrogen-bond donors (Lipinski definition) is 0. The van der Waals surface area contributed by atoms with Crippen LogP contribution >= 0.6 is 0 Å². The molecule has 0 radical (unpaired) electrons. The van der Waals surface area contributed by atoms with Gasteiger partial charge in [-0.25, -0.2) is 15.0 Å². The minimum Gasteiger partial charge on any atom is -0.378 e. The van der Waals surface area contributed by atoms with Crippen molar-refractivity contribution in [3.8, 4) is 0 Å². The molecule has 1 saturated heterocycles. The normalized spacial score (nSPS) is 19.9. The number of ether oxygens (including phenoxy) is 1. The topological polar surface area (TPSA) is 65.7 Å². The lowest BCUT2D eigenvalue weighted by atomic mass is 10.0. The van der Waals surface area contributed by atoms with Crippen LogP contribution in [0.1, 0.15) is 42.9 Å². The molecule has 9 heteroatoms. The van der Waals surface area contributed by atoms with Crippen molar-refractivity contribution >= 4 is 21.9 Å². The summed E-state index contributed by atoms with van der Waals surface area (Å²) in [6, 6.07) is 5.55. The highest BCUT2D eigenvalue weighted by molar-refractivity contribution is 6.02. The molecule has 0 saturated carbocycles. The molecule has 1 aromatic carbocycles. The molecule has 2 atom stereocenters. The van der Waals surface area contributed by atoms with E-state index in [1.807, 2.05) is 13.0 Å². The first-order chi connectivity index (χ1) is 14.9. The monoisotopic (exact) mass is 427 g/mol. The van der Waals surface area contributed by atoms with E-state index in [2.05, 4.69) is 19.5 Å². The summed E-state index contributed by atoms with van der Waals surface area (Å²) in [4.78, 5) is 17.4. The van der Waals surface area contributed by atoms with E-state index in [0.717, 1.165) is 30.4 Å². The molecular weight excluding hydrogens is 407 g/mol. The average Bonchev–Trinajstić information content (AvgIpc) is 3.12. The van der Waals surface area contributed by atoms with Gasteiger partial charge in [-0.3, -0.25) is 4.98 Å². The lowest BCUT2D eigenvalue weighted by molar-refractivity contribution is -0.137. The first kappa shape index (κ1) is 19.9. The number of alkyl halides is 3. The molecule has 6 nitrogen and oxygen atoms in total. The van der Waals surface area contributed by atoms with Gasteiger partial charge >= 0.3 is 6.18 Å². The Morgan fingerprint density at radius 2 is 2.03 bits per heavy atom. The largest absolute Gasteiger partial charge is 0.416 e. The van der Waals surface area contributed by atoms with Crippen LogP contribution in [-0.4, -0.2) is 37.2 Å². The lowest BCUT2D eigenvalue weighted by Gasteiger charge is -2.30. The average molecular weight is 427 g/mol. The van der Waals surface area contributed by atoms with Crippen molar-refractivity contribution in [1.29, 1.82) is 0 Å². The predicted octanol–water partition coefficient (Wildman–Crippen LogP) is 4.72. The molecule has 4 heterocycles. The fraction of sp³-hybridized carbons (Fsp3) is 0.364. The summed E-state index contributed by atoms with van der Waals surface area (Å²) in [6.45, 7) is 2.60. The molecule has 1 aliphatic heterocycles. The van der Waals surface area contributed by atoms with Gasteiger partial charge < -0.3 is 9.30 Å². The van der Waals surface area contributed by atoms with Gasteiger partial charge in [0.2, 0.25) is 0 Å². The van der Waals surface area contributed by atoms with E-state index in [9.17, 15) is 13.2 Å². The van der Waals surface area contributed by atoms with E-state index in [0.29, 0.717) is 35.0 Å². The van der Waals surface area contributed by atoms with Gasteiger partial charge in [0, 0.05) is 30.7 Å². The first-order valence-electron chi connectivity index (χ1n) is 10.1. The summed E-state index contributed by atoms with van der Waals surface area (Å²) in [6.07, 6.45) is 2.36. The van der Waals surface area contributed by atoms with E-state index in [1.54, 1.807) is 12.4 Å². The number of imidazole rings is 1. The molecule has 0 amide bonds. The third-order valence-corrected chi connectivity index (χ3v) is 5.72. The molecule has 1 fully saturated rings. The highest BCUT2D eigenvalue weighted by atomic mass is 19.4. The molecule has 1 unspecified atom stereocenters. The van der Waals surface area contributed by atoms with Gasteiger partial charge in [-0.1, -0.05) is 0 Å². The van der Waals surface area contributed by atoms with Crippen LogP contribution < -0.4 is 0 Å². The quantitative estimate of drug-likeness (QED) is 0.473. The maximum absolute atomic E-state index is 13.4. The standard InChI is InChI=1S/C22H20F3N5O/c1-13-8-16(5-7-31-13)30-20(10-15-4-6-26-12-28-15)29-19-11-27-18-3-2-14(22(23,24)25)9-17(18)21(19)30/h2-4,6,9,11-13,16H,5,7-8,10H2,1H3/t13-,16?/m1/s1. The molecule has 31 heavy (non-hydrogen) atoms. The highest BCUT2D eigenvalue weighted by Crippen LogP contribution is 2.37. The molecule has 0 bridgehead atoms. The smallest absolute Gasteiger partial charge is 0.378 e. The highest BCUT2D eigenvalue weighted by Gasteiger charge is 2.32. The van der Waals surface area contributed by atoms with Crippen molar-refractivity contribution in [2.75, 3.05) is 6.61 Å². The molecule has 5 rings (SSSR count). The minimum absolute atomic E-state index is 0.0573. The lowest BCUT2D eigenvalue weighted by Crippen LogP contribution is -2.26. The molecule has 0 spiro atoms. The van der Waals surface area contributed by atoms with Crippen LogP contribution in [0.25, 0.3) is 21.9 Å². The Morgan fingerprint density at radius 3 is 2.77 bits per heavy atom. The fourth-order valence-corrected chi connectivity index (χ4v) is 4.31. The van der Waals surface area contributed by atoms with Crippen LogP contribution in [0.4, 0.5) is 13.2 Å². The van der Waals surface area contributed by atoms with Crippen LogP contribution in [0.2, 0.25) is 0 Å². The summed E-state index contributed by atoms with van der Waals surface area (Å²) in [5.41, 5.74) is 1.87. The van der Waals surface area contributed by atoms with Crippen LogP contribution in [0.3, 0.4) is 0 Å². The maximum atomic E-state index is 13.4. The zero-order valence-electron chi connectivity index (χ0n) is 16.8. The van der Waals surface area contributed by atoms with Crippen molar-refractivity contribution in [3.63, 3.8) is 0 Å². The zero-order chi connectivity index (χ0) is 21.6. The summed E-state index contributed by atoms with van der Waals surface area (Å²) in [5, 5.41) is 0.452. The van der Waals surface area contributed by atoms with E-state index >= 15 is 0 Å². The Kier molecular flexibility index (Phi) is 4.85. The second kappa shape index (κ2) is 7.56. The van der Waals surface area contributed by atoms with Gasteiger partial charge in [-0.05, 0) is 44.0 Å².